The van der Waals surface area contributed by atoms with Gasteiger partial charge in [-0.25, -0.2) is 0 Å². The van der Waals surface area contributed by atoms with E-state index in [0.717, 1.165) is 17.8 Å². The second-order valence-corrected chi connectivity index (χ2v) is 3.17. The van der Waals surface area contributed by atoms with Gasteiger partial charge < -0.3 is 5.73 Å². The van der Waals surface area contributed by atoms with Crippen LogP contribution in [0.2, 0.25) is 0 Å². The largest absolute Gasteiger partial charge is 0.322 e. The number of carbonyl (C=O) groups is 1. The van der Waals surface area contributed by atoms with Gasteiger partial charge in [0, 0.05) is 0 Å². The Morgan fingerprint density at radius 3 is 2.79 bits per heavy atom. The number of hydrogen-bond acceptors (Lipinski definition) is 4. The Morgan fingerprint density at radius 2 is 2.14 bits per heavy atom. The summed E-state index contributed by atoms with van der Waals surface area (Å²) in [5.41, 5.74) is 6.14. The van der Waals surface area contributed by atoms with Crippen LogP contribution in [-0.2, 0) is 15.6 Å². The SMILES string of the molecule is NCC(=O)NSOCc1ccccc1. The number of hydrogen-bond donors (Lipinski definition) is 2. The number of rotatable bonds is 5. The summed E-state index contributed by atoms with van der Waals surface area (Å²) in [6.45, 7) is 0.429. The summed E-state index contributed by atoms with van der Waals surface area (Å²) in [6, 6.07) is 9.70. The van der Waals surface area contributed by atoms with Gasteiger partial charge in [-0.15, -0.1) is 0 Å². The van der Waals surface area contributed by atoms with Crippen LogP contribution in [0.3, 0.4) is 0 Å². The molecule has 1 rings (SSSR count). The van der Waals surface area contributed by atoms with Crippen molar-refractivity contribution < 1.29 is 8.98 Å². The highest BCUT2D eigenvalue weighted by molar-refractivity contribution is 7.93. The van der Waals surface area contributed by atoms with Crippen LogP contribution in [0.4, 0.5) is 0 Å². The fourth-order valence-electron chi connectivity index (χ4n) is 0.789. The maximum atomic E-state index is 10.7. The third-order valence-electron chi connectivity index (χ3n) is 1.47. The Kier molecular flexibility index (Phi) is 5.06. The molecule has 0 saturated carbocycles. The molecule has 1 aromatic carbocycles. The molecule has 0 fully saturated rings. The molecule has 3 N–H and O–H groups in total. The number of benzene rings is 1. The standard InChI is InChI=1S/C9H12N2O2S/c10-6-9(12)11-14-13-7-8-4-2-1-3-5-8/h1-5H,6-7,10H2,(H,11,12). The van der Waals surface area contributed by atoms with E-state index in [4.69, 9.17) is 9.92 Å². The normalized spacial score (nSPS) is 9.79. The molecule has 0 unspecified atom stereocenters. The lowest BCUT2D eigenvalue weighted by Crippen LogP contribution is -2.25. The molecule has 0 radical (unpaired) electrons. The highest BCUT2D eigenvalue weighted by Crippen LogP contribution is 2.05. The van der Waals surface area contributed by atoms with Gasteiger partial charge in [-0.3, -0.25) is 13.7 Å². The molecule has 0 bridgehead atoms. The summed E-state index contributed by atoms with van der Waals surface area (Å²) in [5.74, 6) is -0.247. The van der Waals surface area contributed by atoms with Crippen LogP contribution in [0.25, 0.3) is 0 Å². The molecular weight excluding hydrogens is 200 g/mol. The summed E-state index contributed by atoms with van der Waals surface area (Å²) in [7, 11) is 0. The van der Waals surface area contributed by atoms with Crippen molar-refractivity contribution in [1.29, 1.82) is 0 Å². The highest BCUT2D eigenvalue weighted by atomic mass is 32.2. The van der Waals surface area contributed by atoms with Gasteiger partial charge in [-0.05, 0) is 5.56 Å². The molecule has 0 aliphatic carbocycles. The van der Waals surface area contributed by atoms with Crippen molar-refractivity contribution in [2.75, 3.05) is 6.54 Å². The third kappa shape index (κ3) is 4.27. The van der Waals surface area contributed by atoms with Gasteiger partial charge in [-0.2, -0.15) is 0 Å². The van der Waals surface area contributed by atoms with E-state index in [1.54, 1.807) is 0 Å². The lowest BCUT2D eigenvalue weighted by Gasteiger charge is -2.02. The van der Waals surface area contributed by atoms with Crippen molar-refractivity contribution >= 4 is 18.1 Å². The van der Waals surface area contributed by atoms with E-state index in [0.29, 0.717) is 6.61 Å². The van der Waals surface area contributed by atoms with Crippen molar-refractivity contribution in [3.05, 3.63) is 35.9 Å². The fourth-order valence-corrected chi connectivity index (χ4v) is 1.22. The number of amides is 1. The molecule has 5 heteroatoms. The molecule has 0 spiro atoms. The average Bonchev–Trinajstić information content (AvgIpc) is 2.25. The zero-order valence-electron chi connectivity index (χ0n) is 7.60. The molecule has 0 saturated heterocycles. The number of carbonyl (C=O) groups excluding carboxylic acids is 1. The molecule has 14 heavy (non-hydrogen) atoms. The van der Waals surface area contributed by atoms with Crippen LogP contribution >= 0.6 is 12.2 Å². The second-order valence-electron chi connectivity index (χ2n) is 2.56. The van der Waals surface area contributed by atoms with E-state index < -0.39 is 0 Å². The third-order valence-corrected chi connectivity index (χ3v) is 2.01. The Labute approximate surface area is 87.2 Å². The minimum Gasteiger partial charge on any atom is -0.322 e. The van der Waals surface area contributed by atoms with Crippen LogP contribution < -0.4 is 10.5 Å². The molecule has 76 valence electrons. The molecule has 0 atom stereocenters. The molecule has 0 heterocycles. The Morgan fingerprint density at radius 1 is 1.43 bits per heavy atom. The summed E-state index contributed by atoms with van der Waals surface area (Å²) >= 11 is 0.901. The van der Waals surface area contributed by atoms with Gasteiger partial charge in [0.05, 0.1) is 13.2 Å². The van der Waals surface area contributed by atoms with E-state index in [1.807, 2.05) is 30.3 Å². The van der Waals surface area contributed by atoms with E-state index >= 15 is 0 Å². The van der Waals surface area contributed by atoms with Gasteiger partial charge >= 0.3 is 0 Å². The predicted molar refractivity (Wildman–Crippen MR) is 56.0 cm³/mol. The zero-order valence-corrected chi connectivity index (χ0v) is 8.42. The summed E-state index contributed by atoms with van der Waals surface area (Å²) in [6.07, 6.45) is 0. The van der Waals surface area contributed by atoms with Crippen molar-refractivity contribution in [2.24, 2.45) is 5.73 Å². The van der Waals surface area contributed by atoms with Gasteiger partial charge in [-0.1, -0.05) is 30.3 Å². The topological polar surface area (TPSA) is 64.4 Å². The first-order valence-electron chi connectivity index (χ1n) is 4.14. The number of nitrogens with one attached hydrogen (secondary N) is 1. The lowest BCUT2D eigenvalue weighted by atomic mass is 10.2. The Balaban J connectivity index is 2.13. The van der Waals surface area contributed by atoms with E-state index in [1.165, 1.54) is 0 Å². The van der Waals surface area contributed by atoms with Crippen LogP contribution in [0.5, 0.6) is 0 Å². The molecule has 1 aromatic rings. The van der Waals surface area contributed by atoms with Crippen molar-refractivity contribution in [3.63, 3.8) is 0 Å². The maximum Gasteiger partial charge on any atom is 0.245 e. The van der Waals surface area contributed by atoms with Crippen LogP contribution in [0, 0.1) is 0 Å². The maximum absolute atomic E-state index is 10.7. The summed E-state index contributed by atoms with van der Waals surface area (Å²) in [5, 5.41) is 0. The molecular formula is C9H12N2O2S. The zero-order chi connectivity index (χ0) is 10.2. The highest BCUT2D eigenvalue weighted by Gasteiger charge is 1.97. The molecule has 0 aromatic heterocycles. The van der Waals surface area contributed by atoms with Crippen molar-refractivity contribution in [3.8, 4) is 0 Å². The fraction of sp³-hybridized carbons (Fsp3) is 0.222. The van der Waals surface area contributed by atoms with Gasteiger partial charge in [0.15, 0.2) is 0 Å². The Hall–Kier alpha value is -1.04. The summed E-state index contributed by atoms with van der Waals surface area (Å²) < 4.78 is 7.55. The second kappa shape index (κ2) is 6.42. The van der Waals surface area contributed by atoms with Crippen molar-refractivity contribution in [2.45, 2.75) is 6.61 Å². The summed E-state index contributed by atoms with van der Waals surface area (Å²) in [4.78, 5) is 10.7. The first-order valence-corrected chi connectivity index (χ1v) is 4.88. The average molecular weight is 212 g/mol. The quantitative estimate of drug-likeness (QED) is 0.431. The molecule has 4 nitrogen and oxygen atoms in total. The lowest BCUT2D eigenvalue weighted by molar-refractivity contribution is -0.117. The first-order chi connectivity index (χ1) is 6.83. The van der Waals surface area contributed by atoms with E-state index in [9.17, 15) is 4.79 Å². The molecule has 1 amide bonds. The molecule has 0 aliphatic rings. The van der Waals surface area contributed by atoms with E-state index in [2.05, 4.69) is 4.72 Å². The monoisotopic (exact) mass is 212 g/mol. The smallest absolute Gasteiger partial charge is 0.245 e. The Bertz CT molecular complexity index is 279. The van der Waals surface area contributed by atoms with Gasteiger partial charge in [0.25, 0.3) is 0 Å². The van der Waals surface area contributed by atoms with Gasteiger partial charge in [0.2, 0.25) is 5.91 Å². The minimum absolute atomic E-state index is 0.0261. The van der Waals surface area contributed by atoms with Crippen LogP contribution in [0.1, 0.15) is 5.56 Å². The van der Waals surface area contributed by atoms with Crippen molar-refractivity contribution in [1.82, 2.24) is 4.72 Å². The van der Waals surface area contributed by atoms with E-state index in [-0.39, 0.29) is 12.5 Å². The first kappa shape index (κ1) is 11.0. The number of nitrogens with two attached hydrogens (primary N) is 1. The predicted octanol–water partition coefficient (Wildman–Crippen LogP) is 0.841. The van der Waals surface area contributed by atoms with Crippen LogP contribution in [-0.4, -0.2) is 12.5 Å². The molecule has 0 aliphatic heterocycles. The minimum atomic E-state index is -0.247. The van der Waals surface area contributed by atoms with Crippen LogP contribution in [0.15, 0.2) is 30.3 Å². The van der Waals surface area contributed by atoms with Gasteiger partial charge in [0.1, 0.15) is 12.2 Å².